The summed E-state index contributed by atoms with van der Waals surface area (Å²) >= 11 is 0. The number of carbonyl (C=O) groups is 4. The van der Waals surface area contributed by atoms with Crippen LogP contribution in [0.25, 0.3) is 10.8 Å². The standard InChI is InChI=1S/C44H59F3N6O9S/c1-6-28-21-27(2)11-7-8-12-29-23-44(29,39(56)50-63(59,60)43(26-45)15-16-43)49-36(54)33-22-30(25-52(33)38(55)35(28)53(40(57)58)41(3,4)42(5,46)47)62-37-32-14-10-9-13-31(32)34(24-48-37)51-17-19-61-20-18-51/h8-10,12-14,24,27-30,33,35H,6-7,11,15-23,25-26H2,1-5H3,(H,49,54)(H,50,56)(H,57,58)/t27-,28+,29+,30+,33-,35-,44+/m0/s1. The molecule has 1 aromatic carbocycles. The molecule has 0 radical (unpaired) electrons. The molecule has 2 saturated heterocycles. The van der Waals surface area contributed by atoms with E-state index in [2.05, 4.69) is 15.2 Å². The maximum absolute atomic E-state index is 15.5. The fourth-order valence-electron chi connectivity index (χ4n) is 9.46. The number of hydrogen-bond acceptors (Lipinski definition) is 10. The predicted octanol–water partition coefficient (Wildman–Crippen LogP) is 5.43. The number of sulfonamides is 1. The fraction of sp³-hybridized carbons (Fsp3) is 0.659. The summed E-state index contributed by atoms with van der Waals surface area (Å²) in [5, 5.41) is 15.0. The van der Waals surface area contributed by atoms with Crippen LogP contribution in [0.1, 0.15) is 86.0 Å². The van der Waals surface area contributed by atoms with Crippen LogP contribution in [-0.2, 0) is 29.1 Å². The molecule has 346 valence electrons. The number of anilines is 1. The number of amides is 4. The van der Waals surface area contributed by atoms with E-state index in [0.29, 0.717) is 56.4 Å². The van der Waals surface area contributed by atoms with E-state index in [1.807, 2.05) is 42.0 Å². The number of nitrogens with zero attached hydrogens (tertiary/aromatic N) is 4. The van der Waals surface area contributed by atoms with Crippen LogP contribution in [0.4, 0.5) is 23.7 Å². The minimum Gasteiger partial charge on any atom is -0.472 e. The third kappa shape index (κ3) is 8.79. The highest BCUT2D eigenvalue weighted by Gasteiger charge is 2.64. The van der Waals surface area contributed by atoms with Gasteiger partial charge < -0.3 is 29.7 Å². The highest BCUT2D eigenvalue weighted by Crippen LogP contribution is 2.48. The highest BCUT2D eigenvalue weighted by molar-refractivity contribution is 7.91. The van der Waals surface area contributed by atoms with Gasteiger partial charge >= 0.3 is 6.09 Å². The van der Waals surface area contributed by atoms with Crippen molar-refractivity contribution in [3.63, 3.8) is 0 Å². The Balaban J connectivity index is 1.29. The maximum atomic E-state index is 15.5. The van der Waals surface area contributed by atoms with E-state index in [-0.39, 0.29) is 56.9 Å². The predicted molar refractivity (Wildman–Crippen MR) is 228 cm³/mol. The van der Waals surface area contributed by atoms with Crippen LogP contribution in [-0.4, -0.2) is 132 Å². The minimum atomic E-state index is -4.48. The van der Waals surface area contributed by atoms with Crippen LogP contribution in [0.15, 0.2) is 42.6 Å². The van der Waals surface area contributed by atoms with Gasteiger partial charge in [0.15, 0.2) is 0 Å². The van der Waals surface area contributed by atoms with Crippen molar-refractivity contribution in [2.45, 2.75) is 126 Å². The number of carbonyl (C=O) groups excluding carboxylic acids is 3. The van der Waals surface area contributed by atoms with Gasteiger partial charge in [-0.15, -0.1) is 0 Å². The lowest BCUT2D eigenvalue weighted by Crippen LogP contribution is -2.67. The molecule has 7 atom stereocenters. The Hall–Kier alpha value is -4.65. The summed E-state index contributed by atoms with van der Waals surface area (Å²) in [6.45, 7) is 7.33. The summed E-state index contributed by atoms with van der Waals surface area (Å²) in [6, 6.07) is 4.35. The van der Waals surface area contributed by atoms with Crippen LogP contribution in [0.2, 0.25) is 0 Å². The number of hydrogen-bond donors (Lipinski definition) is 3. The molecule has 4 amide bonds. The zero-order chi connectivity index (χ0) is 45.7. The van der Waals surface area contributed by atoms with Crippen LogP contribution in [0.3, 0.4) is 0 Å². The summed E-state index contributed by atoms with van der Waals surface area (Å²) in [6.07, 6.45) is 4.00. The van der Waals surface area contributed by atoms with Crippen LogP contribution in [0.5, 0.6) is 5.88 Å². The van der Waals surface area contributed by atoms with Gasteiger partial charge in [0, 0.05) is 43.1 Å². The Morgan fingerprint density at radius 2 is 1.79 bits per heavy atom. The number of rotatable bonds is 11. The van der Waals surface area contributed by atoms with E-state index in [4.69, 9.17) is 9.47 Å². The topological polar surface area (TPSA) is 188 Å². The summed E-state index contributed by atoms with van der Waals surface area (Å²) in [5.74, 6) is -7.75. The number of halogens is 3. The van der Waals surface area contributed by atoms with Gasteiger partial charge in [0.05, 0.1) is 31.6 Å². The first-order valence-corrected chi connectivity index (χ1v) is 23.4. The number of alkyl halides is 3. The summed E-state index contributed by atoms with van der Waals surface area (Å²) < 4.78 is 84.1. The normalized spacial score (nSPS) is 29.1. The van der Waals surface area contributed by atoms with E-state index in [0.717, 1.165) is 29.8 Å². The summed E-state index contributed by atoms with van der Waals surface area (Å²) in [5.41, 5.74) is -3.32. The molecular weight excluding hydrogens is 846 g/mol. The molecule has 7 rings (SSSR count). The van der Waals surface area contributed by atoms with E-state index in [1.54, 1.807) is 19.2 Å². The smallest absolute Gasteiger partial charge is 0.408 e. The Morgan fingerprint density at radius 1 is 1.11 bits per heavy atom. The molecule has 2 aromatic rings. The molecule has 2 saturated carbocycles. The second-order valence-electron chi connectivity index (χ2n) is 18.7. The third-order valence-corrected chi connectivity index (χ3v) is 16.2. The molecule has 0 spiro atoms. The van der Waals surface area contributed by atoms with Crippen LogP contribution < -0.4 is 19.7 Å². The maximum Gasteiger partial charge on any atom is 0.408 e. The number of fused-ring (bicyclic) bond motifs is 3. The number of nitrogens with one attached hydrogen (secondary N) is 2. The first-order valence-electron chi connectivity index (χ1n) is 21.9. The van der Waals surface area contributed by atoms with E-state index < -0.39 is 92.3 Å². The van der Waals surface area contributed by atoms with Gasteiger partial charge in [0.1, 0.15) is 40.7 Å². The zero-order valence-electron chi connectivity index (χ0n) is 36.4. The molecule has 5 aliphatic rings. The molecule has 4 fully saturated rings. The molecule has 19 heteroatoms. The lowest BCUT2D eigenvalue weighted by Gasteiger charge is -2.47. The van der Waals surface area contributed by atoms with Crippen molar-refractivity contribution < 1.29 is 55.3 Å². The van der Waals surface area contributed by atoms with E-state index in [1.165, 1.54) is 0 Å². The summed E-state index contributed by atoms with van der Waals surface area (Å²) in [4.78, 5) is 66.0. The molecule has 1 aromatic heterocycles. The Labute approximate surface area is 366 Å². The molecular formula is C44H59F3N6O9S. The van der Waals surface area contributed by atoms with Gasteiger partial charge in [0.2, 0.25) is 27.7 Å². The highest BCUT2D eigenvalue weighted by atomic mass is 32.2. The second kappa shape index (κ2) is 17.4. The van der Waals surface area contributed by atoms with E-state index >= 15 is 13.6 Å². The van der Waals surface area contributed by atoms with Gasteiger partial charge in [-0.3, -0.25) is 24.0 Å². The number of benzene rings is 1. The Kier molecular flexibility index (Phi) is 12.8. The lowest BCUT2D eigenvalue weighted by atomic mass is 9.81. The van der Waals surface area contributed by atoms with Gasteiger partial charge in [-0.2, -0.15) is 0 Å². The van der Waals surface area contributed by atoms with Crippen molar-refractivity contribution in [1.29, 1.82) is 0 Å². The number of allylic oxidation sites excluding steroid dienone is 1. The monoisotopic (exact) mass is 904 g/mol. The first-order chi connectivity index (χ1) is 29.7. The molecule has 3 N–H and O–H groups in total. The van der Waals surface area contributed by atoms with Crippen molar-refractivity contribution in [1.82, 2.24) is 24.8 Å². The average molecular weight is 905 g/mol. The van der Waals surface area contributed by atoms with Gasteiger partial charge in [-0.1, -0.05) is 50.6 Å². The molecule has 15 nitrogen and oxygen atoms in total. The fourth-order valence-corrected chi connectivity index (χ4v) is 10.9. The van der Waals surface area contributed by atoms with Gasteiger partial charge in [-0.05, 0) is 70.3 Å². The largest absolute Gasteiger partial charge is 0.472 e. The van der Waals surface area contributed by atoms with Gasteiger partial charge in [-0.25, -0.2) is 31.4 Å². The number of morpholine rings is 1. The number of ether oxygens (including phenoxy) is 2. The molecule has 3 aliphatic heterocycles. The molecule has 0 bridgehead atoms. The quantitative estimate of drug-likeness (QED) is 0.244. The van der Waals surface area contributed by atoms with Gasteiger partial charge in [0.25, 0.3) is 11.8 Å². The molecule has 0 unspecified atom stereocenters. The van der Waals surface area contributed by atoms with Crippen LogP contribution >= 0.6 is 0 Å². The molecule has 2 aliphatic carbocycles. The van der Waals surface area contributed by atoms with E-state index in [9.17, 15) is 32.3 Å². The molecule has 4 heterocycles. The molecule has 63 heavy (non-hydrogen) atoms. The minimum absolute atomic E-state index is 0.00780. The zero-order valence-corrected chi connectivity index (χ0v) is 37.3. The third-order valence-electron chi connectivity index (χ3n) is 14.1. The van der Waals surface area contributed by atoms with Crippen molar-refractivity contribution >= 4 is 50.3 Å². The first kappa shape index (κ1) is 46.3. The number of pyridine rings is 1. The van der Waals surface area contributed by atoms with Crippen molar-refractivity contribution in [3.8, 4) is 5.88 Å². The number of carboxylic acid groups (broad SMARTS) is 1. The van der Waals surface area contributed by atoms with Crippen molar-refractivity contribution in [2.24, 2.45) is 17.8 Å². The Morgan fingerprint density at radius 3 is 2.41 bits per heavy atom. The lowest BCUT2D eigenvalue weighted by molar-refractivity contribution is -0.157. The average Bonchev–Trinajstić information content (AvgIpc) is 4.14. The summed E-state index contributed by atoms with van der Waals surface area (Å²) in [7, 11) is -4.48. The van der Waals surface area contributed by atoms with Crippen molar-refractivity contribution in [2.75, 3.05) is 44.4 Å². The van der Waals surface area contributed by atoms with Crippen LogP contribution in [0, 0.1) is 17.8 Å². The van der Waals surface area contributed by atoms with Crippen molar-refractivity contribution in [3.05, 3.63) is 42.6 Å². The SMILES string of the molecule is CC[C@@H]1C[C@@H](C)CCC=C[C@@H]2C[C@@]2(C(=O)NS(=O)(=O)C2(CF)CC2)NC(=O)[C@@H]2C[C@@H](Oc3ncc(N4CCOCC4)c4ccccc34)CN2C(=O)[C@H]1N(C(=O)O)C(C)(C)C(C)(F)F. The number of aromatic nitrogens is 1. The Bertz CT molecular complexity index is 2230. The second-order valence-corrected chi connectivity index (χ2v) is 20.7.